The molecule has 1 nitrogen and oxygen atoms in total. The molecule has 1 heteroatoms. The van der Waals surface area contributed by atoms with Gasteiger partial charge in [0.15, 0.2) is 0 Å². The van der Waals surface area contributed by atoms with E-state index in [9.17, 15) is 0 Å². The van der Waals surface area contributed by atoms with Crippen LogP contribution in [0.25, 0.3) is 0 Å². The molecule has 0 aromatic heterocycles. The van der Waals surface area contributed by atoms with E-state index < -0.39 is 0 Å². The monoisotopic (exact) mass is 137 g/mol. The lowest BCUT2D eigenvalue weighted by molar-refractivity contribution is 0.272. The number of piperidine rings is 1. The molecule has 56 valence electrons. The summed E-state index contributed by atoms with van der Waals surface area (Å²) >= 11 is 0. The number of rotatable bonds is 2. The summed E-state index contributed by atoms with van der Waals surface area (Å²) in [5.74, 6) is 0.746. The first-order valence-corrected chi connectivity index (χ1v) is 3.86. The Balaban J connectivity index is 2.30. The fraction of sp³-hybridized carbons (Fsp3) is 0.556. The van der Waals surface area contributed by atoms with Gasteiger partial charge < -0.3 is 4.90 Å². The van der Waals surface area contributed by atoms with Crippen LogP contribution in [0.3, 0.4) is 0 Å². The van der Waals surface area contributed by atoms with Crippen LogP contribution in [0, 0.1) is 5.92 Å². The molecule has 0 aromatic carbocycles. The van der Waals surface area contributed by atoms with Crippen molar-refractivity contribution in [3.63, 3.8) is 0 Å². The molecular weight excluding hydrogens is 122 g/mol. The summed E-state index contributed by atoms with van der Waals surface area (Å²) in [6.07, 6.45) is 6.49. The Kier molecular flexibility index (Phi) is 2.55. The Labute approximate surface area is 63.0 Å². The summed E-state index contributed by atoms with van der Waals surface area (Å²) in [6.45, 7) is 9.83. The van der Waals surface area contributed by atoms with Crippen molar-refractivity contribution in [1.82, 2.24) is 4.90 Å². The first kappa shape index (κ1) is 7.39. The fourth-order valence-electron chi connectivity index (χ4n) is 1.34. The predicted molar refractivity (Wildman–Crippen MR) is 44.7 cm³/mol. The Morgan fingerprint density at radius 2 is 1.80 bits per heavy atom. The number of hydrogen-bond acceptors (Lipinski definition) is 1. The van der Waals surface area contributed by atoms with Gasteiger partial charge in [-0.05, 0) is 25.0 Å². The lowest BCUT2D eigenvalue weighted by atomic mass is 9.98. The van der Waals surface area contributed by atoms with Crippen LogP contribution in [0.4, 0.5) is 0 Å². The van der Waals surface area contributed by atoms with E-state index in [0.717, 1.165) is 19.0 Å². The highest BCUT2D eigenvalue weighted by molar-refractivity contribution is 4.86. The molecule has 0 radical (unpaired) electrons. The molecule has 0 saturated carbocycles. The van der Waals surface area contributed by atoms with Crippen molar-refractivity contribution in [2.75, 3.05) is 13.1 Å². The second kappa shape index (κ2) is 3.45. The van der Waals surface area contributed by atoms with Crippen LogP contribution in [-0.2, 0) is 0 Å². The van der Waals surface area contributed by atoms with Gasteiger partial charge in [-0.15, -0.1) is 6.58 Å². The average Bonchev–Trinajstić information content (AvgIpc) is 2.05. The van der Waals surface area contributed by atoms with E-state index in [4.69, 9.17) is 0 Å². The van der Waals surface area contributed by atoms with Crippen molar-refractivity contribution in [1.29, 1.82) is 0 Å². The van der Waals surface area contributed by atoms with Gasteiger partial charge >= 0.3 is 0 Å². The first-order chi connectivity index (χ1) is 4.86. The molecule has 0 bridgehead atoms. The minimum Gasteiger partial charge on any atom is -0.378 e. The normalized spacial score (nSPS) is 20.6. The summed E-state index contributed by atoms with van der Waals surface area (Å²) in [6, 6.07) is 0. The van der Waals surface area contributed by atoms with Gasteiger partial charge in [-0.1, -0.05) is 12.7 Å². The molecule has 0 atom stereocenters. The first-order valence-electron chi connectivity index (χ1n) is 3.86. The number of hydrogen-bond donors (Lipinski definition) is 0. The van der Waals surface area contributed by atoms with E-state index in [-0.39, 0.29) is 0 Å². The Hall–Kier alpha value is -0.720. The molecule has 0 unspecified atom stereocenters. The molecule has 10 heavy (non-hydrogen) atoms. The Morgan fingerprint density at radius 3 is 2.20 bits per heavy atom. The summed E-state index contributed by atoms with van der Waals surface area (Å²) in [4.78, 5) is 2.26. The predicted octanol–water partition coefficient (Wildman–Crippen LogP) is 2.03. The summed E-state index contributed by atoms with van der Waals surface area (Å²) in [5, 5.41) is 0. The summed E-state index contributed by atoms with van der Waals surface area (Å²) in [5.41, 5.74) is 0. The van der Waals surface area contributed by atoms with Crippen LogP contribution in [0.15, 0.2) is 25.4 Å². The zero-order valence-electron chi connectivity index (χ0n) is 6.42. The third-order valence-corrected chi connectivity index (χ3v) is 2.17. The molecule has 1 aliphatic heterocycles. The minimum atomic E-state index is 0.746. The van der Waals surface area contributed by atoms with E-state index in [1.54, 1.807) is 0 Å². The van der Waals surface area contributed by atoms with Crippen LogP contribution >= 0.6 is 0 Å². The van der Waals surface area contributed by atoms with Crippen LogP contribution in [0.2, 0.25) is 0 Å². The van der Waals surface area contributed by atoms with E-state index in [1.165, 1.54) is 12.8 Å². The Bertz CT molecular complexity index is 105. The molecule has 1 saturated heterocycles. The highest BCUT2D eigenvalue weighted by Crippen LogP contribution is 2.17. The van der Waals surface area contributed by atoms with Crippen LogP contribution in [0.1, 0.15) is 12.8 Å². The lowest BCUT2D eigenvalue weighted by Gasteiger charge is -2.28. The van der Waals surface area contributed by atoms with Gasteiger partial charge in [-0.25, -0.2) is 0 Å². The molecule has 1 heterocycles. The Morgan fingerprint density at radius 1 is 1.20 bits per heavy atom. The van der Waals surface area contributed by atoms with Crippen LogP contribution in [0.5, 0.6) is 0 Å². The molecule has 0 aliphatic carbocycles. The average molecular weight is 137 g/mol. The van der Waals surface area contributed by atoms with Crippen molar-refractivity contribution in [3.05, 3.63) is 25.4 Å². The van der Waals surface area contributed by atoms with Gasteiger partial charge in [0, 0.05) is 13.1 Å². The van der Waals surface area contributed by atoms with E-state index in [1.807, 2.05) is 6.20 Å². The molecule has 0 spiro atoms. The highest BCUT2D eigenvalue weighted by atomic mass is 15.1. The van der Waals surface area contributed by atoms with Crippen LogP contribution in [-0.4, -0.2) is 18.0 Å². The highest BCUT2D eigenvalue weighted by Gasteiger charge is 2.12. The van der Waals surface area contributed by atoms with Crippen molar-refractivity contribution < 1.29 is 0 Å². The topological polar surface area (TPSA) is 3.24 Å². The lowest BCUT2D eigenvalue weighted by Crippen LogP contribution is -2.28. The zero-order chi connectivity index (χ0) is 7.40. The molecule has 0 aromatic rings. The minimum absolute atomic E-state index is 0.746. The van der Waals surface area contributed by atoms with Gasteiger partial charge in [0.05, 0.1) is 0 Å². The molecule has 1 rings (SSSR count). The second-order valence-electron chi connectivity index (χ2n) is 2.79. The number of allylic oxidation sites excluding steroid dienone is 1. The fourth-order valence-corrected chi connectivity index (χ4v) is 1.34. The van der Waals surface area contributed by atoms with Gasteiger partial charge in [0.25, 0.3) is 0 Å². The third-order valence-electron chi connectivity index (χ3n) is 2.17. The quantitative estimate of drug-likeness (QED) is 0.526. The molecular formula is C9H15N. The van der Waals surface area contributed by atoms with Crippen molar-refractivity contribution in [2.24, 2.45) is 5.92 Å². The molecule has 1 fully saturated rings. The van der Waals surface area contributed by atoms with E-state index in [2.05, 4.69) is 24.1 Å². The summed E-state index contributed by atoms with van der Waals surface area (Å²) < 4.78 is 0. The van der Waals surface area contributed by atoms with Crippen molar-refractivity contribution >= 4 is 0 Å². The maximum atomic E-state index is 3.79. The molecule has 0 N–H and O–H groups in total. The molecule has 0 amide bonds. The maximum absolute atomic E-state index is 3.79. The SMILES string of the molecule is C=CC1CCN(C=C)CC1. The van der Waals surface area contributed by atoms with Gasteiger partial charge in [-0.2, -0.15) is 0 Å². The maximum Gasteiger partial charge on any atom is 0.0177 e. The van der Waals surface area contributed by atoms with Gasteiger partial charge in [0.2, 0.25) is 0 Å². The van der Waals surface area contributed by atoms with Gasteiger partial charge in [0.1, 0.15) is 0 Å². The number of nitrogens with zero attached hydrogens (tertiary/aromatic N) is 1. The van der Waals surface area contributed by atoms with E-state index >= 15 is 0 Å². The van der Waals surface area contributed by atoms with Crippen molar-refractivity contribution in [2.45, 2.75) is 12.8 Å². The number of likely N-dealkylation sites (tertiary alicyclic amines) is 1. The molecule has 1 aliphatic rings. The second-order valence-corrected chi connectivity index (χ2v) is 2.79. The smallest absolute Gasteiger partial charge is 0.0177 e. The van der Waals surface area contributed by atoms with Crippen molar-refractivity contribution in [3.8, 4) is 0 Å². The zero-order valence-corrected chi connectivity index (χ0v) is 6.42. The summed E-state index contributed by atoms with van der Waals surface area (Å²) in [7, 11) is 0. The largest absolute Gasteiger partial charge is 0.378 e. The van der Waals surface area contributed by atoms with Gasteiger partial charge in [-0.3, -0.25) is 0 Å². The van der Waals surface area contributed by atoms with E-state index in [0.29, 0.717) is 0 Å². The van der Waals surface area contributed by atoms with Crippen LogP contribution < -0.4 is 0 Å². The third kappa shape index (κ3) is 1.63. The standard InChI is InChI=1S/C9H15N/c1-3-9-5-7-10(4-2)8-6-9/h3-4,9H,1-2,5-8H2.